The number of nitrogens with zero attached hydrogens (tertiary/aromatic N) is 1. The van der Waals surface area contributed by atoms with E-state index in [0.717, 1.165) is 35.6 Å². The van der Waals surface area contributed by atoms with Crippen LogP contribution in [0.3, 0.4) is 0 Å². The van der Waals surface area contributed by atoms with E-state index in [9.17, 15) is 4.79 Å². The molecule has 3 heteroatoms. The van der Waals surface area contributed by atoms with Crippen molar-refractivity contribution in [2.75, 3.05) is 5.33 Å². The Morgan fingerprint density at radius 2 is 2.00 bits per heavy atom. The van der Waals surface area contributed by atoms with E-state index in [1.807, 2.05) is 34.9 Å². The molecule has 0 saturated heterocycles. The zero-order chi connectivity index (χ0) is 13.0. The summed E-state index contributed by atoms with van der Waals surface area (Å²) in [4.78, 5) is 12.0. The maximum atomic E-state index is 12.0. The lowest BCUT2D eigenvalue weighted by Gasteiger charge is -2.16. The number of hydrogen-bond donors (Lipinski definition) is 0. The maximum absolute atomic E-state index is 12.0. The zero-order valence-corrected chi connectivity index (χ0v) is 12.2. The summed E-state index contributed by atoms with van der Waals surface area (Å²) in [6, 6.07) is 11.6. The van der Waals surface area contributed by atoms with Crippen LogP contribution in [0.4, 0.5) is 0 Å². The molecule has 1 aromatic carbocycles. The number of alkyl halides is 1. The second-order valence-corrected chi connectivity index (χ2v) is 5.30. The molecule has 0 N–H and O–H groups in total. The van der Waals surface area contributed by atoms with E-state index in [0.29, 0.717) is 5.92 Å². The van der Waals surface area contributed by atoms with Gasteiger partial charge in [0.1, 0.15) is 0 Å². The van der Waals surface area contributed by atoms with Crippen LogP contribution in [0.2, 0.25) is 0 Å². The Bertz CT molecular complexity index is 576. The normalized spacial score (nSPS) is 12.8. The van der Waals surface area contributed by atoms with Gasteiger partial charge in [-0.1, -0.05) is 47.5 Å². The number of fused-ring (bicyclic) bond motifs is 1. The fourth-order valence-electron chi connectivity index (χ4n) is 2.32. The molecular weight excluding hydrogens is 290 g/mol. The van der Waals surface area contributed by atoms with Gasteiger partial charge in [0.05, 0.1) is 5.52 Å². The van der Waals surface area contributed by atoms with E-state index < -0.39 is 0 Å². The molecule has 96 valence electrons. The van der Waals surface area contributed by atoms with Crippen molar-refractivity contribution in [1.82, 2.24) is 4.57 Å². The summed E-state index contributed by atoms with van der Waals surface area (Å²) >= 11 is 3.55. The third-order valence-electron chi connectivity index (χ3n) is 3.25. The van der Waals surface area contributed by atoms with Crippen molar-refractivity contribution in [3.05, 3.63) is 46.8 Å². The highest BCUT2D eigenvalue weighted by Crippen LogP contribution is 2.16. The van der Waals surface area contributed by atoms with E-state index >= 15 is 0 Å². The van der Waals surface area contributed by atoms with Crippen molar-refractivity contribution >= 4 is 26.8 Å². The molecule has 1 aromatic heterocycles. The first-order valence-corrected chi connectivity index (χ1v) is 7.53. The van der Waals surface area contributed by atoms with E-state index in [2.05, 4.69) is 22.9 Å². The van der Waals surface area contributed by atoms with Crippen molar-refractivity contribution < 1.29 is 0 Å². The molecule has 18 heavy (non-hydrogen) atoms. The number of rotatable bonds is 5. The topological polar surface area (TPSA) is 22.0 Å². The highest BCUT2D eigenvalue weighted by Gasteiger charge is 2.10. The van der Waals surface area contributed by atoms with Crippen LogP contribution < -0.4 is 5.56 Å². The number of benzene rings is 1. The van der Waals surface area contributed by atoms with Crippen LogP contribution in [0, 0.1) is 5.92 Å². The Labute approximate surface area is 116 Å². The first kappa shape index (κ1) is 13.3. The van der Waals surface area contributed by atoms with Crippen molar-refractivity contribution in [2.24, 2.45) is 5.92 Å². The summed E-state index contributed by atoms with van der Waals surface area (Å²) < 4.78 is 1.90. The van der Waals surface area contributed by atoms with Crippen molar-refractivity contribution in [2.45, 2.75) is 26.3 Å². The largest absolute Gasteiger partial charge is 0.308 e. The Morgan fingerprint density at radius 3 is 2.72 bits per heavy atom. The second kappa shape index (κ2) is 6.19. The van der Waals surface area contributed by atoms with Gasteiger partial charge in [-0.15, -0.1) is 0 Å². The number of para-hydroxylation sites is 1. The Hall–Kier alpha value is -1.09. The van der Waals surface area contributed by atoms with Gasteiger partial charge in [0, 0.05) is 17.9 Å². The SMILES string of the molecule is CCCC(CBr)Cn1c(=O)ccc2ccccc21. The fraction of sp³-hybridized carbons (Fsp3) is 0.400. The van der Waals surface area contributed by atoms with Crippen LogP contribution in [-0.4, -0.2) is 9.90 Å². The standard InChI is InChI=1S/C15H18BrNO/c1-2-5-12(10-16)11-17-14-7-4-3-6-13(14)8-9-15(17)18/h3-4,6-9,12H,2,5,10-11H2,1H3. The van der Waals surface area contributed by atoms with Crippen LogP contribution in [-0.2, 0) is 6.54 Å². The highest BCUT2D eigenvalue weighted by molar-refractivity contribution is 9.09. The minimum Gasteiger partial charge on any atom is -0.308 e. The van der Waals surface area contributed by atoms with Gasteiger partial charge in [0.25, 0.3) is 5.56 Å². The van der Waals surface area contributed by atoms with Gasteiger partial charge in [0.15, 0.2) is 0 Å². The van der Waals surface area contributed by atoms with Gasteiger partial charge in [-0.05, 0) is 29.9 Å². The lowest BCUT2D eigenvalue weighted by Crippen LogP contribution is -2.24. The lowest BCUT2D eigenvalue weighted by atomic mass is 10.1. The molecule has 1 unspecified atom stereocenters. The van der Waals surface area contributed by atoms with Gasteiger partial charge >= 0.3 is 0 Å². The first-order chi connectivity index (χ1) is 8.76. The van der Waals surface area contributed by atoms with E-state index in [1.54, 1.807) is 6.07 Å². The molecule has 0 spiro atoms. The summed E-state index contributed by atoms with van der Waals surface area (Å²) in [5.74, 6) is 0.513. The molecule has 0 aliphatic carbocycles. The molecule has 0 saturated carbocycles. The van der Waals surface area contributed by atoms with Crippen LogP contribution in [0.15, 0.2) is 41.2 Å². The smallest absolute Gasteiger partial charge is 0.251 e. The number of aromatic nitrogens is 1. The number of pyridine rings is 1. The molecule has 0 fully saturated rings. The molecule has 2 nitrogen and oxygen atoms in total. The van der Waals surface area contributed by atoms with Crippen molar-refractivity contribution in [1.29, 1.82) is 0 Å². The fourth-order valence-corrected chi connectivity index (χ4v) is 2.84. The van der Waals surface area contributed by atoms with Gasteiger partial charge in [-0.2, -0.15) is 0 Å². The zero-order valence-electron chi connectivity index (χ0n) is 10.6. The Balaban J connectivity index is 2.42. The monoisotopic (exact) mass is 307 g/mol. The Kier molecular flexibility index (Phi) is 4.59. The third kappa shape index (κ3) is 2.83. The lowest BCUT2D eigenvalue weighted by molar-refractivity contribution is 0.456. The molecule has 0 amide bonds. The molecule has 0 radical (unpaired) electrons. The van der Waals surface area contributed by atoms with Crippen molar-refractivity contribution in [3.63, 3.8) is 0 Å². The number of halogens is 1. The molecular formula is C15H18BrNO. The summed E-state index contributed by atoms with van der Waals surface area (Å²) in [6.07, 6.45) is 2.29. The Morgan fingerprint density at radius 1 is 1.22 bits per heavy atom. The van der Waals surface area contributed by atoms with Gasteiger partial charge in [0.2, 0.25) is 0 Å². The van der Waals surface area contributed by atoms with E-state index in [4.69, 9.17) is 0 Å². The average molecular weight is 308 g/mol. The first-order valence-electron chi connectivity index (χ1n) is 6.40. The predicted octanol–water partition coefficient (Wildman–Crippen LogP) is 3.81. The quantitative estimate of drug-likeness (QED) is 0.770. The summed E-state index contributed by atoms with van der Waals surface area (Å²) in [5.41, 5.74) is 1.13. The minimum absolute atomic E-state index is 0.0933. The van der Waals surface area contributed by atoms with Crippen LogP contribution in [0.1, 0.15) is 19.8 Å². The molecule has 2 rings (SSSR count). The van der Waals surface area contributed by atoms with E-state index in [1.165, 1.54) is 0 Å². The molecule has 1 heterocycles. The summed E-state index contributed by atoms with van der Waals surface area (Å²) in [6.45, 7) is 2.97. The molecule has 1 atom stereocenters. The number of hydrogen-bond acceptors (Lipinski definition) is 1. The highest BCUT2D eigenvalue weighted by atomic mass is 79.9. The second-order valence-electron chi connectivity index (χ2n) is 4.65. The van der Waals surface area contributed by atoms with Crippen LogP contribution >= 0.6 is 15.9 Å². The summed E-state index contributed by atoms with van der Waals surface area (Å²) in [5, 5.41) is 2.07. The summed E-state index contributed by atoms with van der Waals surface area (Å²) in [7, 11) is 0. The molecule has 0 aliphatic rings. The molecule has 0 aliphatic heterocycles. The maximum Gasteiger partial charge on any atom is 0.251 e. The molecule has 0 bridgehead atoms. The average Bonchev–Trinajstić information content (AvgIpc) is 2.41. The van der Waals surface area contributed by atoms with Gasteiger partial charge in [-0.3, -0.25) is 4.79 Å². The minimum atomic E-state index is 0.0933. The van der Waals surface area contributed by atoms with Crippen LogP contribution in [0.5, 0.6) is 0 Å². The van der Waals surface area contributed by atoms with E-state index in [-0.39, 0.29) is 5.56 Å². The van der Waals surface area contributed by atoms with Crippen LogP contribution in [0.25, 0.3) is 10.9 Å². The third-order valence-corrected chi connectivity index (χ3v) is 4.17. The van der Waals surface area contributed by atoms with Gasteiger partial charge in [-0.25, -0.2) is 0 Å². The van der Waals surface area contributed by atoms with Crippen molar-refractivity contribution in [3.8, 4) is 0 Å². The molecule has 2 aromatic rings. The van der Waals surface area contributed by atoms with Gasteiger partial charge < -0.3 is 4.57 Å². The predicted molar refractivity (Wildman–Crippen MR) is 80.4 cm³/mol.